The molecule has 1 aliphatic heterocycles. The number of thiophene rings is 1. The van der Waals surface area contributed by atoms with Crippen LogP contribution in [0, 0.1) is 0 Å². The minimum atomic E-state index is -3.70. The number of carbonyl (C=O) groups is 1. The van der Waals surface area contributed by atoms with E-state index in [0.29, 0.717) is 18.9 Å². The van der Waals surface area contributed by atoms with Crippen LogP contribution in [0.3, 0.4) is 0 Å². The summed E-state index contributed by atoms with van der Waals surface area (Å²) >= 11 is 0.897. The zero-order chi connectivity index (χ0) is 14.3. The minimum absolute atomic E-state index is 0.00347. The molecular formula is C10H10N4O4S2. The zero-order valence-corrected chi connectivity index (χ0v) is 11.8. The molecule has 8 nitrogen and oxygen atoms in total. The Morgan fingerprint density at radius 1 is 1.40 bits per heavy atom. The molecule has 0 radical (unpaired) electrons. The van der Waals surface area contributed by atoms with E-state index in [4.69, 9.17) is 5.11 Å². The molecule has 0 bridgehead atoms. The number of carboxylic acid groups (broad SMARTS) is 1. The Morgan fingerprint density at radius 3 is 2.90 bits per heavy atom. The van der Waals surface area contributed by atoms with Gasteiger partial charge in [-0.3, -0.25) is 0 Å². The smallest absolute Gasteiger partial charge is 0.345 e. The van der Waals surface area contributed by atoms with Gasteiger partial charge in [-0.1, -0.05) is 0 Å². The quantitative estimate of drug-likeness (QED) is 0.870. The molecule has 0 aliphatic carbocycles. The van der Waals surface area contributed by atoms with Crippen molar-refractivity contribution in [2.24, 2.45) is 0 Å². The van der Waals surface area contributed by atoms with Gasteiger partial charge in [0.1, 0.15) is 17.0 Å². The normalized spacial score (nSPS) is 16.0. The van der Waals surface area contributed by atoms with Crippen molar-refractivity contribution < 1.29 is 18.3 Å². The maximum Gasteiger partial charge on any atom is 0.345 e. The van der Waals surface area contributed by atoms with E-state index < -0.39 is 16.0 Å². The lowest BCUT2D eigenvalue weighted by Gasteiger charge is -2.25. The molecule has 0 saturated heterocycles. The Labute approximate surface area is 118 Å². The zero-order valence-electron chi connectivity index (χ0n) is 10.1. The van der Waals surface area contributed by atoms with E-state index in [0.717, 1.165) is 11.3 Å². The Kier molecular flexibility index (Phi) is 3.07. The molecule has 2 aromatic heterocycles. The highest BCUT2D eigenvalue weighted by Crippen LogP contribution is 2.25. The summed E-state index contributed by atoms with van der Waals surface area (Å²) < 4.78 is 28.0. The summed E-state index contributed by atoms with van der Waals surface area (Å²) in [7, 11) is -3.70. The second kappa shape index (κ2) is 4.65. The molecule has 20 heavy (non-hydrogen) atoms. The van der Waals surface area contributed by atoms with Crippen LogP contribution >= 0.6 is 11.3 Å². The number of carboxylic acids is 1. The van der Waals surface area contributed by atoms with E-state index in [1.165, 1.54) is 15.8 Å². The van der Waals surface area contributed by atoms with Gasteiger partial charge in [0, 0.05) is 18.5 Å². The predicted molar refractivity (Wildman–Crippen MR) is 68.9 cm³/mol. The van der Waals surface area contributed by atoms with Crippen LogP contribution in [0.1, 0.15) is 15.5 Å². The van der Waals surface area contributed by atoms with Crippen LogP contribution in [0.15, 0.2) is 22.7 Å². The van der Waals surface area contributed by atoms with Gasteiger partial charge < -0.3 is 9.67 Å². The van der Waals surface area contributed by atoms with Crippen molar-refractivity contribution in [3.63, 3.8) is 0 Å². The second-order valence-electron chi connectivity index (χ2n) is 4.23. The van der Waals surface area contributed by atoms with Crippen molar-refractivity contribution in [1.29, 1.82) is 0 Å². The SMILES string of the molecule is O=C(O)c1cc(S(=O)(=O)N2CCn3cnnc3C2)cs1. The van der Waals surface area contributed by atoms with Crippen LogP contribution in [0.2, 0.25) is 0 Å². The van der Waals surface area contributed by atoms with Crippen LogP contribution in [0.4, 0.5) is 0 Å². The Hall–Kier alpha value is -1.78. The van der Waals surface area contributed by atoms with Crippen molar-refractivity contribution in [2.45, 2.75) is 18.0 Å². The first-order valence-electron chi connectivity index (χ1n) is 5.67. The molecule has 0 amide bonds. The Balaban J connectivity index is 1.90. The topological polar surface area (TPSA) is 105 Å². The highest BCUT2D eigenvalue weighted by atomic mass is 32.2. The fourth-order valence-corrected chi connectivity index (χ4v) is 4.45. The van der Waals surface area contributed by atoms with Crippen LogP contribution < -0.4 is 0 Å². The van der Waals surface area contributed by atoms with Gasteiger partial charge in [-0.25, -0.2) is 13.2 Å². The highest BCUT2D eigenvalue weighted by molar-refractivity contribution is 7.89. The molecular weight excluding hydrogens is 304 g/mol. The summed E-state index contributed by atoms with van der Waals surface area (Å²) in [5.41, 5.74) is 0. The summed E-state index contributed by atoms with van der Waals surface area (Å²) in [6.45, 7) is 0.934. The third kappa shape index (κ3) is 2.11. The maximum absolute atomic E-state index is 12.4. The monoisotopic (exact) mass is 314 g/mol. The van der Waals surface area contributed by atoms with Crippen molar-refractivity contribution >= 4 is 27.3 Å². The van der Waals surface area contributed by atoms with E-state index in [2.05, 4.69) is 10.2 Å². The molecule has 0 saturated carbocycles. The van der Waals surface area contributed by atoms with Gasteiger partial charge in [0.2, 0.25) is 10.0 Å². The Bertz CT molecular complexity index is 764. The maximum atomic E-state index is 12.4. The molecule has 0 fully saturated rings. The molecule has 3 rings (SSSR count). The first-order valence-corrected chi connectivity index (χ1v) is 7.99. The molecule has 1 N–H and O–H groups in total. The lowest BCUT2D eigenvalue weighted by Crippen LogP contribution is -2.38. The third-order valence-corrected chi connectivity index (χ3v) is 5.92. The summed E-state index contributed by atoms with van der Waals surface area (Å²) in [6.07, 6.45) is 1.56. The number of fused-ring (bicyclic) bond motifs is 1. The van der Waals surface area contributed by atoms with Crippen molar-refractivity contribution in [3.05, 3.63) is 28.5 Å². The van der Waals surface area contributed by atoms with Crippen LogP contribution in [-0.4, -0.2) is 45.1 Å². The van der Waals surface area contributed by atoms with Crippen molar-refractivity contribution in [1.82, 2.24) is 19.1 Å². The highest BCUT2D eigenvalue weighted by Gasteiger charge is 2.30. The summed E-state index contributed by atoms with van der Waals surface area (Å²) in [4.78, 5) is 10.8. The number of sulfonamides is 1. The fraction of sp³-hybridized carbons (Fsp3) is 0.300. The van der Waals surface area contributed by atoms with Gasteiger partial charge in [-0.2, -0.15) is 4.31 Å². The van der Waals surface area contributed by atoms with E-state index in [9.17, 15) is 13.2 Å². The van der Waals surface area contributed by atoms with E-state index in [1.54, 1.807) is 10.9 Å². The molecule has 1 aliphatic rings. The molecule has 3 heterocycles. The van der Waals surface area contributed by atoms with Gasteiger partial charge in [-0.15, -0.1) is 21.5 Å². The van der Waals surface area contributed by atoms with Gasteiger partial charge >= 0.3 is 5.97 Å². The molecule has 10 heteroatoms. The summed E-state index contributed by atoms with van der Waals surface area (Å²) in [5.74, 6) is -0.552. The van der Waals surface area contributed by atoms with Crippen LogP contribution in [-0.2, 0) is 23.1 Å². The average molecular weight is 314 g/mol. The van der Waals surface area contributed by atoms with Gasteiger partial charge in [0.25, 0.3) is 0 Å². The fourth-order valence-electron chi connectivity index (χ4n) is 1.96. The standard InChI is InChI=1S/C10H10N4O4S2/c15-10(16)8-3-7(5-19-8)20(17,18)14-2-1-13-6-11-12-9(13)4-14/h3,5-6H,1-2,4H2,(H,15,16). The number of hydrogen-bond acceptors (Lipinski definition) is 6. The molecule has 0 aromatic carbocycles. The first kappa shape index (κ1) is 13.2. The second-order valence-corrected chi connectivity index (χ2v) is 7.08. The molecule has 0 spiro atoms. The van der Waals surface area contributed by atoms with Gasteiger partial charge in [0.15, 0.2) is 0 Å². The van der Waals surface area contributed by atoms with Crippen LogP contribution in [0.25, 0.3) is 0 Å². The number of hydrogen-bond donors (Lipinski definition) is 1. The minimum Gasteiger partial charge on any atom is -0.477 e. The van der Waals surface area contributed by atoms with E-state index >= 15 is 0 Å². The lowest BCUT2D eigenvalue weighted by molar-refractivity contribution is 0.0702. The number of aromatic carboxylic acids is 1. The predicted octanol–water partition coefficient (Wildman–Crippen LogP) is 0.242. The molecule has 106 valence electrons. The average Bonchev–Trinajstić information content (AvgIpc) is 3.07. The summed E-state index contributed by atoms with van der Waals surface area (Å²) in [6, 6.07) is 1.18. The summed E-state index contributed by atoms with van der Waals surface area (Å²) in [5, 5.41) is 17.8. The van der Waals surface area contributed by atoms with E-state index in [-0.39, 0.29) is 16.3 Å². The van der Waals surface area contributed by atoms with Crippen molar-refractivity contribution in [2.75, 3.05) is 6.54 Å². The Morgan fingerprint density at radius 2 is 2.20 bits per heavy atom. The molecule has 0 unspecified atom stereocenters. The van der Waals surface area contributed by atoms with Crippen molar-refractivity contribution in [3.8, 4) is 0 Å². The number of nitrogens with zero attached hydrogens (tertiary/aromatic N) is 4. The number of rotatable bonds is 3. The lowest BCUT2D eigenvalue weighted by atomic mass is 10.4. The van der Waals surface area contributed by atoms with Crippen LogP contribution in [0.5, 0.6) is 0 Å². The largest absolute Gasteiger partial charge is 0.477 e. The van der Waals surface area contributed by atoms with Gasteiger partial charge in [0.05, 0.1) is 11.4 Å². The number of aromatic nitrogens is 3. The van der Waals surface area contributed by atoms with Gasteiger partial charge in [-0.05, 0) is 6.07 Å². The van der Waals surface area contributed by atoms with E-state index in [1.807, 2.05) is 0 Å². The molecule has 0 atom stereocenters. The first-order chi connectivity index (χ1) is 9.48. The third-order valence-electron chi connectivity index (χ3n) is 3.03. The molecule has 2 aromatic rings.